The van der Waals surface area contributed by atoms with Gasteiger partial charge in [0.05, 0.1) is 7.11 Å². The number of carbonyl (C=O) groups excluding carboxylic acids is 2. The van der Waals surface area contributed by atoms with Crippen LogP contribution in [-0.4, -0.2) is 32.0 Å². The molecule has 1 atom stereocenters. The fraction of sp³-hybridized carbons (Fsp3) is 0.467. The van der Waals surface area contributed by atoms with Gasteiger partial charge in [-0.2, -0.15) is 0 Å². The Kier molecular flexibility index (Phi) is 4.61. The zero-order valence-corrected chi connectivity index (χ0v) is 11.9. The molecule has 2 rings (SSSR count). The third-order valence-electron chi connectivity index (χ3n) is 3.50. The Morgan fingerprint density at radius 2 is 2.10 bits per heavy atom. The van der Waals surface area contributed by atoms with Crippen molar-refractivity contribution in [3.63, 3.8) is 0 Å². The molecule has 1 aliphatic rings. The van der Waals surface area contributed by atoms with E-state index < -0.39 is 0 Å². The average molecular weight is 276 g/mol. The lowest BCUT2D eigenvalue weighted by Gasteiger charge is -2.17. The van der Waals surface area contributed by atoms with Crippen LogP contribution < -0.4 is 15.0 Å². The number of ether oxygens (including phenoxy) is 1. The molecular weight excluding hydrogens is 256 g/mol. The number of carbonyl (C=O) groups is 2. The first-order valence-corrected chi connectivity index (χ1v) is 6.85. The molecular formula is C15H20N2O3. The maximum atomic E-state index is 12.0. The van der Waals surface area contributed by atoms with Crippen LogP contribution in [0.4, 0.5) is 5.69 Å². The summed E-state index contributed by atoms with van der Waals surface area (Å²) in [5, 5.41) is 2.85. The molecule has 2 amide bonds. The van der Waals surface area contributed by atoms with E-state index in [9.17, 15) is 9.59 Å². The minimum Gasteiger partial charge on any atom is -0.497 e. The van der Waals surface area contributed by atoms with Crippen LogP contribution in [0, 0.1) is 5.92 Å². The monoisotopic (exact) mass is 276 g/mol. The molecule has 5 heteroatoms. The van der Waals surface area contributed by atoms with Crippen molar-refractivity contribution in [3.8, 4) is 5.75 Å². The van der Waals surface area contributed by atoms with E-state index in [4.69, 9.17) is 4.74 Å². The van der Waals surface area contributed by atoms with Gasteiger partial charge >= 0.3 is 0 Å². The Bertz CT molecular complexity index is 484. The first kappa shape index (κ1) is 14.4. The van der Waals surface area contributed by atoms with Gasteiger partial charge in [-0.1, -0.05) is 6.92 Å². The lowest BCUT2D eigenvalue weighted by molar-refractivity contribution is -0.121. The van der Waals surface area contributed by atoms with Crippen LogP contribution in [0.1, 0.15) is 19.8 Å². The summed E-state index contributed by atoms with van der Waals surface area (Å²) in [6.07, 6.45) is 0.957. The van der Waals surface area contributed by atoms with Crippen LogP contribution in [0.3, 0.4) is 0 Å². The van der Waals surface area contributed by atoms with Crippen LogP contribution in [0.5, 0.6) is 5.75 Å². The summed E-state index contributed by atoms with van der Waals surface area (Å²) in [4.78, 5) is 25.1. The van der Waals surface area contributed by atoms with Gasteiger partial charge < -0.3 is 15.0 Å². The standard InChI is InChI=1S/C15H20N2O3/c1-3-14(18)16-9-11-8-15(19)17(10-11)12-4-6-13(20-2)7-5-12/h4-7,11H,3,8-10H2,1-2H3,(H,16,18). The van der Waals surface area contributed by atoms with Gasteiger partial charge in [0.2, 0.25) is 11.8 Å². The number of nitrogens with one attached hydrogen (secondary N) is 1. The molecule has 0 aliphatic carbocycles. The minimum absolute atomic E-state index is 0.0281. The van der Waals surface area contributed by atoms with Gasteiger partial charge in [-0.3, -0.25) is 9.59 Å². The van der Waals surface area contributed by atoms with E-state index in [0.29, 0.717) is 25.9 Å². The van der Waals surface area contributed by atoms with Crippen molar-refractivity contribution < 1.29 is 14.3 Å². The van der Waals surface area contributed by atoms with Crippen LogP contribution in [0.15, 0.2) is 24.3 Å². The van der Waals surface area contributed by atoms with Gasteiger partial charge in [-0.25, -0.2) is 0 Å². The summed E-state index contributed by atoms with van der Waals surface area (Å²) in [6, 6.07) is 7.44. The molecule has 108 valence electrons. The second-order valence-electron chi connectivity index (χ2n) is 4.93. The zero-order chi connectivity index (χ0) is 14.5. The molecule has 5 nitrogen and oxygen atoms in total. The van der Waals surface area contributed by atoms with E-state index in [1.807, 2.05) is 31.2 Å². The molecule has 0 spiro atoms. The fourth-order valence-electron chi connectivity index (χ4n) is 2.31. The summed E-state index contributed by atoms with van der Waals surface area (Å²) in [6.45, 7) is 3.03. The van der Waals surface area contributed by atoms with Gasteiger partial charge in [-0.05, 0) is 24.3 Å². The molecule has 1 fully saturated rings. The van der Waals surface area contributed by atoms with E-state index in [1.54, 1.807) is 12.0 Å². The van der Waals surface area contributed by atoms with E-state index in [0.717, 1.165) is 11.4 Å². The van der Waals surface area contributed by atoms with Gasteiger partial charge in [0, 0.05) is 37.5 Å². The van der Waals surface area contributed by atoms with Crippen molar-refractivity contribution in [1.82, 2.24) is 5.32 Å². The lowest BCUT2D eigenvalue weighted by Crippen LogP contribution is -2.30. The number of rotatable bonds is 5. The fourth-order valence-corrected chi connectivity index (χ4v) is 2.31. The molecule has 1 saturated heterocycles. The second kappa shape index (κ2) is 6.41. The third kappa shape index (κ3) is 3.29. The van der Waals surface area contributed by atoms with Crippen molar-refractivity contribution in [3.05, 3.63) is 24.3 Å². The third-order valence-corrected chi connectivity index (χ3v) is 3.50. The first-order chi connectivity index (χ1) is 9.63. The van der Waals surface area contributed by atoms with Crippen molar-refractivity contribution in [2.45, 2.75) is 19.8 Å². The van der Waals surface area contributed by atoms with Crippen molar-refractivity contribution in [1.29, 1.82) is 0 Å². The van der Waals surface area contributed by atoms with Crippen LogP contribution in [-0.2, 0) is 9.59 Å². The highest BCUT2D eigenvalue weighted by atomic mass is 16.5. The zero-order valence-electron chi connectivity index (χ0n) is 11.9. The molecule has 1 heterocycles. The van der Waals surface area contributed by atoms with Gasteiger partial charge in [0.1, 0.15) is 5.75 Å². The van der Waals surface area contributed by atoms with Crippen molar-refractivity contribution in [2.24, 2.45) is 5.92 Å². The summed E-state index contributed by atoms with van der Waals surface area (Å²) in [5.41, 5.74) is 0.875. The Morgan fingerprint density at radius 1 is 1.40 bits per heavy atom. The largest absolute Gasteiger partial charge is 0.497 e. The number of benzene rings is 1. The number of nitrogens with zero attached hydrogens (tertiary/aromatic N) is 1. The maximum absolute atomic E-state index is 12.0. The highest BCUT2D eigenvalue weighted by molar-refractivity contribution is 5.95. The predicted molar refractivity (Wildman–Crippen MR) is 76.8 cm³/mol. The normalized spacial score (nSPS) is 18.2. The Morgan fingerprint density at radius 3 is 2.70 bits per heavy atom. The second-order valence-corrected chi connectivity index (χ2v) is 4.93. The number of amides is 2. The first-order valence-electron chi connectivity index (χ1n) is 6.85. The quantitative estimate of drug-likeness (QED) is 0.888. The van der Waals surface area contributed by atoms with Crippen LogP contribution >= 0.6 is 0 Å². The predicted octanol–water partition coefficient (Wildman–Crippen LogP) is 1.57. The molecule has 1 aromatic rings. The number of hydrogen-bond acceptors (Lipinski definition) is 3. The summed E-state index contributed by atoms with van der Waals surface area (Å²) < 4.78 is 5.11. The molecule has 1 aliphatic heterocycles. The SMILES string of the molecule is CCC(=O)NCC1CC(=O)N(c2ccc(OC)cc2)C1. The summed E-state index contributed by atoms with van der Waals surface area (Å²) in [5.74, 6) is 1.08. The summed E-state index contributed by atoms with van der Waals surface area (Å²) >= 11 is 0. The molecule has 1 N–H and O–H groups in total. The van der Waals surface area contributed by atoms with E-state index in [-0.39, 0.29) is 17.7 Å². The maximum Gasteiger partial charge on any atom is 0.227 e. The van der Waals surface area contributed by atoms with Gasteiger partial charge in [0.15, 0.2) is 0 Å². The molecule has 0 aromatic heterocycles. The number of hydrogen-bond donors (Lipinski definition) is 1. The number of anilines is 1. The Labute approximate surface area is 118 Å². The number of methoxy groups -OCH3 is 1. The molecule has 0 bridgehead atoms. The van der Waals surface area contributed by atoms with E-state index >= 15 is 0 Å². The van der Waals surface area contributed by atoms with E-state index in [2.05, 4.69) is 5.32 Å². The highest BCUT2D eigenvalue weighted by Gasteiger charge is 2.30. The average Bonchev–Trinajstić information content (AvgIpc) is 2.86. The van der Waals surface area contributed by atoms with Crippen molar-refractivity contribution in [2.75, 3.05) is 25.1 Å². The van der Waals surface area contributed by atoms with Gasteiger partial charge in [0.25, 0.3) is 0 Å². The molecule has 1 unspecified atom stereocenters. The smallest absolute Gasteiger partial charge is 0.227 e. The topological polar surface area (TPSA) is 58.6 Å². The lowest BCUT2D eigenvalue weighted by atomic mass is 10.1. The van der Waals surface area contributed by atoms with Crippen LogP contribution in [0.2, 0.25) is 0 Å². The van der Waals surface area contributed by atoms with E-state index in [1.165, 1.54) is 0 Å². The molecule has 20 heavy (non-hydrogen) atoms. The minimum atomic E-state index is 0.0281. The van der Waals surface area contributed by atoms with Crippen molar-refractivity contribution >= 4 is 17.5 Å². The molecule has 1 aromatic carbocycles. The highest BCUT2D eigenvalue weighted by Crippen LogP contribution is 2.26. The Hall–Kier alpha value is -2.04. The molecule has 0 radical (unpaired) electrons. The Balaban J connectivity index is 1.96. The summed E-state index contributed by atoms with van der Waals surface area (Å²) in [7, 11) is 1.61. The van der Waals surface area contributed by atoms with Gasteiger partial charge in [-0.15, -0.1) is 0 Å². The molecule has 0 saturated carbocycles. The van der Waals surface area contributed by atoms with Crippen LogP contribution in [0.25, 0.3) is 0 Å².